The number of para-hydroxylation sites is 1. The van der Waals surface area contributed by atoms with Crippen molar-refractivity contribution in [3.8, 4) is 5.75 Å². The third-order valence-corrected chi connectivity index (χ3v) is 3.31. The van der Waals surface area contributed by atoms with Gasteiger partial charge in [0.1, 0.15) is 6.61 Å². The van der Waals surface area contributed by atoms with Crippen LogP contribution in [0.15, 0.2) is 30.6 Å². The van der Waals surface area contributed by atoms with Crippen molar-refractivity contribution in [3.05, 3.63) is 41.7 Å². The maximum absolute atomic E-state index is 12.3. The Hall–Kier alpha value is -2.50. The van der Waals surface area contributed by atoms with Gasteiger partial charge in [0, 0.05) is 19.3 Å². The highest BCUT2D eigenvalue weighted by atomic mass is 16.5. The predicted octanol–water partition coefficient (Wildman–Crippen LogP) is 1.43. The fraction of sp³-hybridized carbons (Fsp3) is 0.333. The first-order valence-electron chi connectivity index (χ1n) is 7.01. The van der Waals surface area contributed by atoms with Crippen LogP contribution < -0.4 is 15.4 Å². The quantitative estimate of drug-likeness (QED) is 0.892. The highest BCUT2D eigenvalue weighted by molar-refractivity contribution is 5.98. The molecule has 0 atom stereocenters. The number of nitrogens with one attached hydrogen (secondary N) is 2. The van der Waals surface area contributed by atoms with E-state index >= 15 is 0 Å². The topological polar surface area (TPSA) is 68.2 Å². The van der Waals surface area contributed by atoms with Gasteiger partial charge in [0.15, 0.2) is 5.75 Å². The lowest BCUT2D eigenvalue weighted by Gasteiger charge is -2.21. The van der Waals surface area contributed by atoms with E-state index < -0.39 is 0 Å². The lowest BCUT2D eigenvalue weighted by molar-refractivity contribution is 0.0948. The number of carbonyl (C=O) groups excluding carboxylic acids is 1. The van der Waals surface area contributed by atoms with Crippen molar-refractivity contribution in [2.75, 3.05) is 25.0 Å². The van der Waals surface area contributed by atoms with Crippen LogP contribution in [0.2, 0.25) is 0 Å². The van der Waals surface area contributed by atoms with Crippen LogP contribution in [-0.4, -0.2) is 35.4 Å². The molecule has 1 amide bonds. The normalized spacial score (nSPS) is 13.0. The molecule has 0 bridgehead atoms. The highest BCUT2D eigenvalue weighted by Gasteiger charge is 2.18. The molecule has 1 aliphatic rings. The molecule has 2 N–H and O–H groups in total. The van der Waals surface area contributed by atoms with Crippen LogP contribution in [0.5, 0.6) is 5.75 Å². The molecule has 1 aromatic heterocycles. The largest absolute Gasteiger partial charge is 0.489 e. The zero-order valence-corrected chi connectivity index (χ0v) is 11.9. The zero-order chi connectivity index (χ0) is 14.7. The Balaban J connectivity index is 1.63. The maximum atomic E-state index is 12.3. The second-order valence-electron chi connectivity index (χ2n) is 4.99. The number of benzene rings is 1. The number of anilines is 1. The molecule has 0 saturated heterocycles. The highest BCUT2D eigenvalue weighted by Crippen LogP contribution is 2.30. The number of fused-ring (bicyclic) bond motifs is 1. The summed E-state index contributed by atoms with van der Waals surface area (Å²) in [4.78, 5) is 12.3. The molecule has 0 spiro atoms. The zero-order valence-electron chi connectivity index (χ0n) is 11.9. The van der Waals surface area contributed by atoms with Gasteiger partial charge in [0.2, 0.25) is 0 Å². The number of aryl methyl sites for hydroxylation is 1. The molecular weight excluding hydrogens is 268 g/mol. The molecule has 2 aromatic rings. The number of rotatable bonds is 4. The average molecular weight is 286 g/mol. The van der Waals surface area contributed by atoms with E-state index in [1.807, 2.05) is 29.9 Å². The fourth-order valence-electron chi connectivity index (χ4n) is 2.32. The van der Waals surface area contributed by atoms with Gasteiger partial charge < -0.3 is 15.4 Å². The summed E-state index contributed by atoms with van der Waals surface area (Å²) in [5.74, 6) is 0.510. The molecule has 1 aromatic carbocycles. The van der Waals surface area contributed by atoms with Gasteiger partial charge >= 0.3 is 0 Å². The minimum Gasteiger partial charge on any atom is -0.489 e. The van der Waals surface area contributed by atoms with Crippen molar-refractivity contribution in [3.63, 3.8) is 0 Å². The van der Waals surface area contributed by atoms with Crippen LogP contribution in [0.25, 0.3) is 0 Å². The fourth-order valence-corrected chi connectivity index (χ4v) is 2.32. The first-order chi connectivity index (χ1) is 10.2. The summed E-state index contributed by atoms with van der Waals surface area (Å²) < 4.78 is 7.42. The predicted molar refractivity (Wildman–Crippen MR) is 79.7 cm³/mol. The van der Waals surface area contributed by atoms with Crippen molar-refractivity contribution < 1.29 is 9.53 Å². The minimum atomic E-state index is -0.126. The Morgan fingerprint density at radius 1 is 1.52 bits per heavy atom. The number of nitrogens with zero attached hydrogens (tertiary/aromatic N) is 2. The van der Waals surface area contributed by atoms with Gasteiger partial charge in [-0.15, -0.1) is 0 Å². The minimum absolute atomic E-state index is 0.126. The van der Waals surface area contributed by atoms with Crippen molar-refractivity contribution in [2.24, 2.45) is 0 Å². The van der Waals surface area contributed by atoms with E-state index in [4.69, 9.17) is 4.74 Å². The Labute approximate surface area is 123 Å². The van der Waals surface area contributed by atoms with Crippen molar-refractivity contribution in [1.82, 2.24) is 15.1 Å². The molecule has 21 heavy (non-hydrogen) atoms. The van der Waals surface area contributed by atoms with E-state index in [1.165, 1.54) is 0 Å². The Bertz CT molecular complexity index is 651. The van der Waals surface area contributed by atoms with Gasteiger partial charge in [0.05, 0.1) is 24.0 Å². The van der Waals surface area contributed by atoms with Gasteiger partial charge in [-0.25, -0.2) is 0 Å². The molecule has 1 aliphatic heterocycles. The molecular formula is C15H18N4O2. The number of carbonyl (C=O) groups is 1. The summed E-state index contributed by atoms with van der Waals surface area (Å²) in [6.07, 6.45) is 3.75. The van der Waals surface area contributed by atoms with Gasteiger partial charge in [0.25, 0.3) is 5.91 Å². The lowest BCUT2D eigenvalue weighted by Crippen LogP contribution is -2.29. The summed E-state index contributed by atoms with van der Waals surface area (Å²) >= 11 is 0. The molecule has 0 radical (unpaired) electrons. The molecule has 0 aliphatic carbocycles. The van der Waals surface area contributed by atoms with Crippen molar-refractivity contribution >= 4 is 11.6 Å². The molecule has 3 rings (SSSR count). The summed E-state index contributed by atoms with van der Waals surface area (Å²) in [6.45, 7) is 4.49. The number of ether oxygens (including phenoxy) is 1. The molecule has 6 heteroatoms. The first kappa shape index (κ1) is 13.5. The van der Waals surface area contributed by atoms with E-state index in [0.29, 0.717) is 31.0 Å². The van der Waals surface area contributed by atoms with E-state index in [2.05, 4.69) is 15.7 Å². The third kappa shape index (κ3) is 2.99. The molecule has 6 nitrogen and oxygen atoms in total. The maximum Gasteiger partial charge on any atom is 0.255 e. The Kier molecular flexibility index (Phi) is 3.77. The van der Waals surface area contributed by atoms with E-state index in [1.54, 1.807) is 12.3 Å². The number of aromatic nitrogens is 2. The Morgan fingerprint density at radius 2 is 2.43 bits per heavy atom. The number of hydrogen-bond donors (Lipinski definition) is 2. The van der Waals surface area contributed by atoms with Gasteiger partial charge in [-0.05, 0) is 24.6 Å². The van der Waals surface area contributed by atoms with Crippen LogP contribution in [0, 0.1) is 6.92 Å². The average Bonchev–Trinajstić information content (AvgIpc) is 2.92. The first-order valence-corrected chi connectivity index (χ1v) is 7.01. The smallest absolute Gasteiger partial charge is 0.255 e. The van der Waals surface area contributed by atoms with Crippen LogP contribution in [0.4, 0.5) is 5.69 Å². The van der Waals surface area contributed by atoms with Crippen LogP contribution in [0.3, 0.4) is 0 Å². The Morgan fingerprint density at radius 3 is 3.24 bits per heavy atom. The van der Waals surface area contributed by atoms with E-state index in [0.717, 1.165) is 17.8 Å². The lowest BCUT2D eigenvalue weighted by atomic mass is 10.1. The van der Waals surface area contributed by atoms with E-state index in [-0.39, 0.29) is 5.91 Å². The second kappa shape index (κ2) is 5.87. The summed E-state index contributed by atoms with van der Waals surface area (Å²) in [7, 11) is 0. The SMILES string of the molecule is Cc1cnn(CCNC(=O)c2cccc3c2OCCN3)c1. The van der Waals surface area contributed by atoms with Crippen LogP contribution in [0.1, 0.15) is 15.9 Å². The second-order valence-corrected chi connectivity index (χ2v) is 4.99. The van der Waals surface area contributed by atoms with Crippen LogP contribution >= 0.6 is 0 Å². The molecule has 110 valence electrons. The van der Waals surface area contributed by atoms with Gasteiger partial charge in [-0.1, -0.05) is 6.07 Å². The van der Waals surface area contributed by atoms with E-state index in [9.17, 15) is 4.79 Å². The molecule has 0 unspecified atom stereocenters. The van der Waals surface area contributed by atoms with Crippen LogP contribution in [-0.2, 0) is 6.54 Å². The van der Waals surface area contributed by atoms with Crippen molar-refractivity contribution in [1.29, 1.82) is 0 Å². The third-order valence-electron chi connectivity index (χ3n) is 3.31. The summed E-state index contributed by atoms with van der Waals surface area (Å²) in [6, 6.07) is 5.54. The van der Waals surface area contributed by atoms with Gasteiger partial charge in [-0.3, -0.25) is 9.48 Å². The van der Waals surface area contributed by atoms with Gasteiger partial charge in [-0.2, -0.15) is 5.10 Å². The number of amides is 1. The molecule has 0 saturated carbocycles. The number of hydrogen-bond acceptors (Lipinski definition) is 4. The molecule has 0 fully saturated rings. The monoisotopic (exact) mass is 286 g/mol. The standard InChI is InChI=1S/C15H18N4O2/c1-11-9-18-19(10-11)7-5-17-15(20)12-3-2-4-13-14(12)21-8-6-16-13/h2-4,9-10,16H,5-8H2,1H3,(H,17,20). The summed E-state index contributed by atoms with van der Waals surface area (Å²) in [5, 5.41) is 10.3. The van der Waals surface area contributed by atoms with Crippen molar-refractivity contribution in [2.45, 2.75) is 13.5 Å². The molecule has 2 heterocycles. The summed E-state index contributed by atoms with van der Waals surface area (Å²) in [5.41, 5.74) is 2.55.